The van der Waals surface area contributed by atoms with E-state index in [1.807, 2.05) is 19.1 Å². The Labute approximate surface area is 190 Å². The number of methoxy groups -OCH3 is 2. The number of carbonyl (C=O) groups is 4. The highest BCUT2D eigenvalue weighted by Crippen LogP contribution is 2.23. The molecule has 0 bridgehead atoms. The zero-order chi connectivity index (χ0) is 24.0. The number of amides is 3. The number of nitrogens with one attached hydrogen (secondary N) is 2. The summed E-state index contributed by atoms with van der Waals surface area (Å²) in [5.74, 6) is -2.15. The van der Waals surface area contributed by atoms with E-state index in [2.05, 4.69) is 10.7 Å². The molecule has 2 N–H and O–H groups in total. The lowest BCUT2D eigenvalue weighted by Gasteiger charge is -2.18. The zero-order valence-electron chi connectivity index (χ0n) is 18.5. The van der Waals surface area contributed by atoms with Crippen molar-refractivity contribution in [1.29, 1.82) is 0 Å². The van der Waals surface area contributed by atoms with Crippen LogP contribution >= 0.6 is 0 Å². The van der Waals surface area contributed by atoms with Gasteiger partial charge in [0.2, 0.25) is 5.91 Å². The minimum Gasteiger partial charge on any atom is -0.497 e. The highest BCUT2D eigenvalue weighted by atomic mass is 16.5. The van der Waals surface area contributed by atoms with Crippen LogP contribution in [0.5, 0.6) is 11.5 Å². The number of aryl methyl sites for hydroxylation is 1. The number of para-hydroxylation sites is 1. The van der Waals surface area contributed by atoms with Crippen LogP contribution in [-0.4, -0.2) is 56.1 Å². The predicted molar refractivity (Wildman–Crippen MR) is 118 cm³/mol. The van der Waals surface area contributed by atoms with Crippen molar-refractivity contribution in [3.63, 3.8) is 0 Å². The Hall–Kier alpha value is -4.08. The molecular formula is C23H25N3O7. The van der Waals surface area contributed by atoms with Crippen molar-refractivity contribution in [2.24, 2.45) is 5.92 Å². The summed E-state index contributed by atoms with van der Waals surface area (Å²) in [6.45, 7) is 1.30. The maximum Gasteiger partial charge on any atom is 0.311 e. The third-order valence-electron chi connectivity index (χ3n) is 5.07. The van der Waals surface area contributed by atoms with Crippen molar-refractivity contribution in [3.05, 3.63) is 53.6 Å². The number of hydrogen-bond donors (Lipinski definition) is 2. The molecule has 0 radical (unpaired) electrons. The van der Waals surface area contributed by atoms with Crippen LogP contribution < -0.4 is 20.2 Å². The fourth-order valence-corrected chi connectivity index (χ4v) is 3.25. The van der Waals surface area contributed by atoms with Gasteiger partial charge in [-0.3, -0.25) is 29.6 Å². The Morgan fingerprint density at radius 1 is 1.06 bits per heavy atom. The van der Waals surface area contributed by atoms with E-state index in [9.17, 15) is 19.2 Å². The lowest BCUT2D eigenvalue weighted by Crippen LogP contribution is -2.43. The van der Waals surface area contributed by atoms with Crippen molar-refractivity contribution in [1.82, 2.24) is 10.4 Å². The second kappa shape index (κ2) is 10.5. The van der Waals surface area contributed by atoms with Crippen LogP contribution in [0.4, 0.5) is 5.69 Å². The number of carbonyl (C=O) groups excluding carboxylic acids is 4. The Kier molecular flexibility index (Phi) is 7.50. The van der Waals surface area contributed by atoms with Gasteiger partial charge in [0.25, 0.3) is 11.8 Å². The molecule has 0 unspecified atom stereocenters. The van der Waals surface area contributed by atoms with Crippen LogP contribution in [0.3, 0.4) is 0 Å². The topological polar surface area (TPSA) is 123 Å². The van der Waals surface area contributed by atoms with Crippen LogP contribution in [0, 0.1) is 12.8 Å². The van der Waals surface area contributed by atoms with Crippen LogP contribution in [-0.2, 0) is 19.1 Å². The Bertz CT molecular complexity index is 1050. The standard InChI is InChI=1S/C23H25N3O7/c1-14-6-4-5-7-19(14)24-20(27)13-33-23(30)16-10-21(28)26(12-16)25-22(29)15-8-17(31-2)11-18(9-15)32-3/h4-9,11,16H,10,12-13H2,1-3H3,(H,24,27)(H,25,29)/t16-/m1/s1. The monoisotopic (exact) mass is 455 g/mol. The van der Waals surface area contributed by atoms with Gasteiger partial charge in [0.1, 0.15) is 11.5 Å². The molecule has 0 spiro atoms. The number of nitrogens with zero attached hydrogens (tertiary/aromatic N) is 1. The molecule has 3 rings (SSSR count). The summed E-state index contributed by atoms with van der Waals surface area (Å²) >= 11 is 0. The number of esters is 1. The lowest BCUT2D eigenvalue weighted by molar-refractivity contribution is -0.151. The number of anilines is 1. The van der Waals surface area contributed by atoms with Gasteiger partial charge in [0.15, 0.2) is 6.61 Å². The summed E-state index contributed by atoms with van der Waals surface area (Å²) in [5, 5.41) is 3.73. The molecule has 1 atom stereocenters. The molecule has 3 amide bonds. The molecule has 33 heavy (non-hydrogen) atoms. The quantitative estimate of drug-likeness (QED) is 0.581. The van der Waals surface area contributed by atoms with Gasteiger partial charge in [-0.15, -0.1) is 0 Å². The molecule has 0 saturated carbocycles. The van der Waals surface area contributed by atoms with E-state index in [1.54, 1.807) is 18.2 Å². The van der Waals surface area contributed by atoms with E-state index in [4.69, 9.17) is 14.2 Å². The van der Waals surface area contributed by atoms with Crippen molar-refractivity contribution in [2.75, 3.05) is 32.7 Å². The van der Waals surface area contributed by atoms with E-state index >= 15 is 0 Å². The maximum absolute atomic E-state index is 12.6. The lowest BCUT2D eigenvalue weighted by atomic mass is 10.1. The molecule has 0 aromatic heterocycles. The molecule has 10 heteroatoms. The molecule has 2 aromatic carbocycles. The molecule has 10 nitrogen and oxygen atoms in total. The number of hydrogen-bond acceptors (Lipinski definition) is 7. The predicted octanol–water partition coefficient (Wildman–Crippen LogP) is 1.69. The van der Waals surface area contributed by atoms with Crippen LogP contribution in [0.15, 0.2) is 42.5 Å². The highest BCUT2D eigenvalue weighted by molar-refractivity contribution is 5.97. The van der Waals surface area contributed by atoms with Crippen molar-refractivity contribution in [2.45, 2.75) is 13.3 Å². The summed E-state index contributed by atoms with van der Waals surface area (Å²) in [7, 11) is 2.91. The molecule has 174 valence electrons. The van der Waals surface area contributed by atoms with Crippen molar-refractivity contribution >= 4 is 29.4 Å². The van der Waals surface area contributed by atoms with E-state index in [0.29, 0.717) is 17.2 Å². The fraction of sp³-hybridized carbons (Fsp3) is 0.304. The molecule has 2 aromatic rings. The van der Waals surface area contributed by atoms with E-state index in [0.717, 1.165) is 10.6 Å². The Morgan fingerprint density at radius 2 is 1.73 bits per heavy atom. The van der Waals surface area contributed by atoms with Gasteiger partial charge in [0, 0.05) is 23.7 Å². The van der Waals surface area contributed by atoms with E-state index in [-0.39, 0.29) is 18.5 Å². The smallest absolute Gasteiger partial charge is 0.311 e. The first-order valence-corrected chi connectivity index (χ1v) is 10.2. The SMILES string of the molecule is COc1cc(OC)cc(C(=O)NN2C[C@H](C(=O)OCC(=O)Nc3ccccc3C)CC2=O)c1. The second-order valence-corrected chi connectivity index (χ2v) is 7.42. The van der Waals surface area contributed by atoms with Gasteiger partial charge < -0.3 is 19.5 Å². The molecule has 0 aliphatic carbocycles. The van der Waals surface area contributed by atoms with Gasteiger partial charge >= 0.3 is 5.97 Å². The first-order chi connectivity index (χ1) is 15.8. The molecule has 1 fully saturated rings. The summed E-state index contributed by atoms with van der Waals surface area (Å²) in [4.78, 5) is 49.3. The van der Waals surface area contributed by atoms with Crippen LogP contribution in [0.2, 0.25) is 0 Å². The van der Waals surface area contributed by atoms with E-state index in [1.165, 1.54) is 26.4 Å². The van der Waals surface area contributed by atoms with Gasteiger partial charge in [0.05, 0.1) is 26.7 Å². The maximum atomic E-state index is 12.6. The van der Waals surface area contributed by atoms with Gasteiger partial charge in [-0.1, -0.05) is 18.2 Å². The zero-order valence-corrected chi connectivity index (χ0v) is 18.5. The first kappa shape index (κ1) is 23.6. The number of rotatable bonds is 8. The second-order valence-electron chi connectivity index (χ2n) is 7.42. The van der Waals surface area contributed by atoms with Gasteiger partial charge in [-0.2, -0.15) is 0 Å². The Morgan fingerprint density at radius 3 is 2.36 bits per heavy atom. The average Bonchev–Trinajstić information content (AvgIpc) is 3.18. The fourth-order valence-electron chi connectivity index (χ4n) is 3.25. The number of ether oxygens (including phenoxy) is 3. The third kappa shape index (κ3) is 6.00. The minimum atomic E-state index is -0.802. The van der Waals surface area contributed by atoms with Crippen LogP contribution in [0.1, 0.15) is 22.3 Å². The average molecular weight is 455 g/mol. The van der Waals surface area contributed by atoms with E-state index < -0.39 is 36.2 Å². The minimum absolute atomic E-state index is 0.0656. The third-order valence-corrected chi connectivity index (χ3v) is 5.07. The van der Waals surface area contributed by atoms with Crippen LogP contribution in [0.25, 0.3) is 0 Å². The Balaban J connectivity index is 1.53. The highest BCUT2D eigenvalue weighted by Gasteiger charge is 2.36. The first-order valence-electron chi connectivity index (χ1n) is 10.2. The summed E-state index contributed by atoms with van der Waals surface area (Å²) < 4.78 is 15.4. The number of hydrazine groups is 1. The molecule has 1 aliphatic heterocycles. The largest absolute Gasteiger partial charge is 0.497 e. The normalized spacial score (nSPS) is 15.1. The molecular weight excluding hydrogens is 430 g/mol. The number of benzene rings is 2. The van der Waals surface area contributed by atoms with Crippen molar-refractivity contribution in [3.8, 4) is 11.5 Å². The summed E-state index contributed by atoms with van der Waals surface area (Å²) in [6.07, 6.45) is -0.139. The van der Waals surface area contributed by atoms with Crippen molar-refractivity contribution < 1.29 is 33.4 Å². The van der Waals surface area contributed by atoms with Gasteiger partial charge in [-0.25, -0.2) is 0 Å². The van der Waals surface area contributed by atoms with Gasteiger partial charge in [-0.05, 0) is 30.7 Å². The molecule has 1 saturated heterocycles. The molecule has 1 aliphatic rings. The summed E-state index contributed by atoms with van der Waals surface area (Å²) in [6, 6.07) is 11.8. The molecule has 1 heterocycles. The summed E-state index contributed by atoms with van der Waals surface area (Å²) in [5.41, 5.74) is 4.20.